The molecule has 0 fully saturated rings. The first-order valence-electron chi connectivity index (χ1n) is 6.73. The smallest absolute Gasteiger partial charge is 0.266 e. The molecule has 110 valence electrons. The number of aryl methyl sites for hydroxylation is 1. The third-order valence-electron chi connectivity index (χ3n) is 3.10. The highest BCUT2D eigenvalue weighted by molar-refractivity contribution is 7.99. The molecule has 0 spiro atoms. The molecule has 0 unspecified atom stereocenters. The van der Waals surface area contributed by atoms with Crippen molar-refractivity contribution in [1.29, 1.82) is 0 Å². The lowest BCUT2D eigenvalue weighted by atomic mass is 10.2. The molecule has 3 rings (SSSR count). The zero-order chi connectivity index (χ0) is 15.5. The van der Waals surface area contributed by atoms with Gasteiger partial charge < -0.3 is 0 Å². The fourth-order valence-corrected chi connectivity index (χ4v) is 3.11. The molecule has 0 aliphatic carbocycles. The molecule has 22 heavy (non-hydrogen) atoms. The van der Waals surface area contributed by atoms with E-state index in [4.69, 9.17) is 11.6 Å². The number of rotatable bonds is 3. The molecule has 0 aliphatic heterocycles. The molecule has 0 bridgehead atoms. The van der Waals surface area contributed by atoms with Crippen LogP contribution in [0.2, 0.25) is 5.15 Å². The Morgan fingerprint density at radius 3 is 2.41 bits per heavy atom. The Bertz CT molecular complexity index is 845. The lowest BCUT2D eigenvalue weighted by Crippen LogP contribution is -2.22. The molecule has 0 aliphatic rings. The van der Waals surface area contributed by atoms with Gasteiger partial charge in [-0.25, -0.2) is 0 Å². The van der Waals surface area contributed by atoms with Crippen molar-refractivity contribution >= 4 is 23.4 Å². The molecule has 0 radical (unpaired) electrons. The average molecular weight is 329 g/mol. The van der Waals surface area contributed by atoms with E-state index in [1.165, 1.54) is 22.0 Å². The molecule has 0 N–H and O–H groups in total. The molecule has 5 heteroatoms. The number of hydrogen-bond donors (Lipinski definition) is 0. The Labute approximate surface area is 137 Å². The summed E-state index contributed by atoms with van der Waals surface area (Å²) in [6, 6.07) is 18.9. The third kappa shape index (κ3) is 3.24. The van der Waals surface area contributed by atoms with E-state index in [1.807, 2.05) is 61.5 Å². The quantitative estimate of drug-likeness (QED) is 0.717. The average Bonchev–Trinajstić information content (AvgIpc) is 2.53. The summed E-state index contributed by atoms with van der Waals surface area (Å²) in [6.07, 6.45) is 0. The van der Waals surface area contributed by atoms with Crippen molar-refractivity contribution in [2.75, 3.05) is 0 Å². The third-order valence-corrected chi connectivity index (χ3v) is 4.30. The maximum Gasteiger partial charge on any atom is 0.285 e. The molecular weight excluding hydrogens is 316 g/mol. The predicted octanol–water partition coefficient (Wildman–Crippen LogP) is 4.35. The first-order valence-corrected chi connectivity index (χ1v) is 7.93. The van der Waals surface area contributed by atoms with E-state index >= 15 is 0 Å². The fraction of sp³-hybridized carbons (Fsp3) is 0.0588. The maximum absolute atomic E-state index is 12.6. The number of nitrogens with zero attached hydrogens (tertiary/aromatic N) is 2. The van der Waals surface area contributed by atoms with Crippen molar-refractivity contribution in [3.63, 3.8) is 0 Å². The first kappa shape index (κ1) is 14.9. The van der Waals surface area contributed by atoms with Crippen LogP contribution in [0.5, 0.6) is 0 Å². The van der Waals surface area contributed by atoms with Gasteiger partial charge in [0.15, 0.2) is 5.15 Å². The zero-order valence-electron chi connectivity index (χ0n) is 11.9. The Morgan fingerprint density at radius 2 is 1.73 bits per heavy atom. The van der Waals surface area contributed by atoms with Gasteiger partial charge in [0, 0.05) is 4.90 Å². The monoisotopic (exact) mass is 328 g/mol. The van der Waals surface area contributed by atoms with E-state index in [0.29, 0.717) is 10.6 Å². The van der Waals surface area contributed by atoms with Crippen molar-refractivity contribution in [3.8, 4) is 5.69 Å². The highest BCUT2D eigenvalue weighted by atomic mass is 35.5. The minimum atomic E-state index is -0.179. The topological polar surface area (TPSA) is 34.9 Å². The Morgan fingerprint density at radius 1 is 1.05 bits per heavy atom. The summed E-state index contributed by atoms with van der Waals surface area (Å²) in [4.78, 5) is 14.2. The summed E-state index contributed by atoms with van der Waals surface area (Å²) in [7, 11) is 0. The van der Waals surface area contributed by atoms with Crippen LogP contribution in [0.3, 0.4) is 0 Å². The van der Waals surface area contributed by atoms with Crippen molar-refractivity contribution in [2.24, 2.45) is 0 Å². The standard InChI is InChI=1S/C17H13ClN2OS/c1-12-7-9-14(10-8-12)22-15-11-16(18)19-20(17(15)21)13-5-3-2-4-6-13/h2-11H,1H3. The second-order valence-corrected chi connectivity index (χ2v) is 6.30. The number of halogens is 1. The second-order valence-electron chi connectivity index (χ2n) is 4.80. The van der Waals surface area contributed by atoms with Gasteiger partial charge >= 0.3 is 0 Å². The van der Waals surface area contributed by atoms with Crippen LogP contribution in [0.15, 0.2) is 75.2 Å². The van der Waals surface area contributed by atoms with Gasteiger partial charge in [0.1, 0.15) is 0 Å². The van der Waals surface area contributed by atoms with Crippen molar-refractivity contribution in [1.82, 2.24) is 9.78 Å². The number of benzene rings is 2. The van der Waals surface area contributed by atoms with Gasteiger partial charge in [0.05, 0.1) is 10.6 Å². The van der Waals surface area contributed by atoms with E-state index in [0.717, 1.165) is 4.90 Å². The van der Waals surface area contributed by atoms with E-state index in [-0.39, 0.29) is 10.7 Å². The zero-order valence-corrected chi connectivity index (χ0v) is 13.4. The molecule has 3 nitrogen and oxygen atoms in total. The Kier molecular flexibility index (Phi) is 4.32. The van der Waals surface area contributed by atoms with E-state index in [2.05, 4.69) is 5.10 Å². The Balaban J connectivity index is 2.04. The van der Waals surface area contributed by atoms with Gasteiger partial charge in [-0.1, -0.05) is 59.3 Å². The van der Waals surface area contributed by atoms with Crippen LogP contribution in [0.25, 0.3) is 5.69 Å². The largest absolute Gasteiger partial charge is 0.285 e. The fourth-order valence-electron chi connectivity index (χ4n) is 1.99. The summed E-state index contributed by atoms with van der Waals surface area (Å²) in [5, 5.41) is 4.41. The first-order chi connectivity index (χ1) is 10.6. The number of aromatic nitrogens is 2. The van der Waals surface area contributed by atoms with Gasteiger partial charge in [-0.15, -0.1) is 0 Å². The van der Waals surface area contributed by atoms with Gasteiger partial charge in [-0.2, -0.15) is 9.78 Å². The molecule has 3 aromatic rings. The van der Waals surface area contributed by atoms with Crippen LogP contribution in [0, 0.1) is 6.92 Å². The molecule has 1 aromatic heterocycles. The minimum Gasteiger partial charge on any atom is -0.266 e. The van der Waals surface area contributed by atoms with Crippen LogP contribution < -0.4 is 5.56 Å². The maximum atomic E-state index is 12.6. The molecule has 1 heterocycles. The van der Waals surface area contributed by atoms with Crippen molar-refractivity contribution in [3.05, 3.63) is 81.7 Å². The van der Waals surface area contributed by atoms with Crippen LogP contribution in [0.1, 0.15) is 5.56 Å². The van der Waals surface area contributed by atoms with E-state index in [9.17, 15) is 4.79 Å². The number of hydrogen-bond acceptors (Lipinski definition) is 3. The van der Waals surface area contributed by atoms with E-state index < -0.39 is 0 Å². The van der Waals surface area contributed by atoms with Crippen LogP contribution in [-0.4, -0.2) is 9.78 Å². The highest BCUT2D eigenvalue weighted by Crippen LogP contribution is 2.26. The molecule has 0 atom stereocenters. The summed E-state index contributed by atoms with van der Waals surface area (Å²) >= 11 is 7.47. The van der Waals surface area contributed by atoms with Gasteiger partial charge in [-0.05, 0) is 37.3 Å². The SMILES string of the molecule is Cc1ccc(Sc2cc(Cl)nn(-c3ccccc3)c2=O)cc1. The lowest BCUT2D eigenvalue weighted by Gasteiger charge is -2.08. The summed E-state index contributed by atoms with van der Waals surface area (Å²) < 4.78 is 1.33. The van der Waals surface area contributed by atoms with Gasteiger partial charge in [0.25, 0.3) is 5.56 Å². The van der Waals surface area contributed by atoms with Crippen LogP contribution >= 0.6 is 23.4 Å². The van der Waals surface area contributed by atoms with Crippen molar-refractivity contribution in [2.45, 2.75) is 16.7 Å². The predicted molar refractivity (Wildman–Crippen MR) is 90.1 cm³/mol. The highest BCUT2D eigenvalue weighted by Gasteiger charge is 2.10. The molecule has 0 saturated carbocycles. The van der Waals surface area contributed by atoms with Crippen LogP contribution in [0.4, 0.5) is 0 Å². The molecule has 0 amide bonds. The summed E-state index contributed by atoms with van der Waals surface area (Å²) in [6.45, 7) is 2.03. The summed E-state index contributed by atoms with van der Waals surface area (Å²) in [5.74, 6) is 0. The second kappa shape index (κ2) is 6.38. The molecule has 2 aromatic carbocycles. The number of para-hydroxylation sites is 1. The summed E-state index contributed by atoms with van der Waals surface area (Å²) in [5.41, 5.74) is 1.70. The normalized spacial score (nSPS) is 10.6. The molecular formula is C17H13ClN2OS. The molecule has 0 saturated heterocycles. The van der Waals surface area contributed by atoms with Crippen molar-refractivity contribution < 1.29 is 0 Å². The van der Waals surface area contributed by atoms with Gasteiger partial charge in [-0.3, -0.25) is 4.79 Å². The van der Waals surface area contributed by atoms with Crippen LogP contribution in [-0.2, 0) is 0 Å². The minimum absolute atomic E-state index is 0.179. The van der Waals surface area contributed by atoms with Gasteiger partial charge in [0.2, 0.25) is 0 Å². The van der Waals surface area contributed by atoms with E-state index in [1.54, 1.807) is 6.07 Å². The Hall–Kier alpha value is -2.04. The lowest BCUT2D eigenvalue weighted by molar-refractivity contribution is 0.782.